The second kappa shape index (κ2) is 7.49. The van der Waals surface area contributed by atoms with Crippen LogP contribution in [0.2, 0.25) is 0 Å². The SMILES string of the molecule is CC(=O)NC[C@@H](c1ccco1)N1CCN(c2ccccc2F)CC1. The molecule has 6 heteroatoms. The van der Waals surface area contributed by atoms with E-state index in [-0.39, 0.29) is 17.8 Å². The van der Waals surface area contributed by atoms with Crippen LogP contribution in [0.5, 0.6) is 0 Å². The monoisotopic (exact) mass is 331 g/mol. The third-order valence-corrected chi connectivity index (χ3v) is 4.36. The Morgan fingerprint density at radius 3 is 2.58 bits per heavy atom. The van der Waals surface area contributed by atoms with Crippen molar-refractivity contribution in [3.63, 3.8) is 0 Å². The van der Waals surface area contributed by atoms with Gasteiger partial charge in [0.15, 0.2) is 0 Å². The molecule has 1 saturated heterocycles. The van der Waals surface area contributed by atoms with Gasteiger partial charge in [0, 0.05) is 39.6 Å². The first-order valence-electron chi connectivity index (χ1n) is 8.16. The van der Waals surface area contributed by atoms with E-state index < -0.39 is 0 Å². The topological polar surface area (TPSA) is 48.7 Å². The molecule has 1 N–H and O–H groups in total. The Bertz CT molecular complexity index is 667. The first-order valence-corrected chi connectivity index (χ1v) is 8.16. The molecule has 1 amide bonds. The van der Waals surface area contributed by atoms with Gasteiger partial charge in [0.1, 0.15) is 11.6 Å². The average Bonchev–Trinajstić information content (AvgIpc) is 3.10. The summed E-state index contributed by atoms with van der Waals surface area (Å²) in [6.07, 6.45) is 1.64. The molecule has 2 aromatic rings. The van der Waals surface area contributed by atoms with Gasteiger partial charge in [-0.2, -0.15) is 0 Å². The molecular weight excluding hydrogens is 309 g/mol. The fraction of sp³-hybridized carbons (Fsp3) is 0.389. The van der Waals surface area contributed by atoms with E-state index in [9.17, 15) is 9.18 Å². The lowest BCUT2D eigenvalue weighted by Gasteiger charge is -2.39. The van der Waals surface area contributed by atoms with E-state index >= 15 is 0 Å². The molecular formula is C18H22FN3O2. The van der Waals surface area contributed by atoms with E-state index in [1.54, 1.807) is 12.3 Å². The van der Waals surface area contributed by atoms with E-state index in [0.717, 1.165) is 31.9 Å². The molecule has 2 heterocycles. The summed E-state index contributed by atoms with van der Waals surface area (Å²) in [5, 5.41) is 2.87. The van der Waals surface area contributed by atoms with Crippen molar-refractivity contribution in [3.05, 3.63) is 54.2 Å². The van der Waals surface area contributed by atoms with Gasteiger partial charge in [0.25, 0.3) is 0 Å². The number of halogens is 1. The molecule has 5 nitrogen and oxygen atoms in total. The van der Waals surface area contributed by atoms with Crippen molar-refractivity contribution in [2.75, 3.05) is 37.6 Å². The van der Waals surface area contributed by atoms with Crippen molar-refractivity contribution < 1.29 is 13.6 Å². The summed E-state index contributed by atoms with van der Waals surface area (Å²) in [4.78, 5) is 15.6. The van der Waals surface area contributed by atoms with Crippen LogP contribution in [0.1, 0.15) is 18.7 Å². The van der Waals surface area contributed by atoms with Crippen LogP contribution >= 0.6 is 0 Å². The zero-order chi connectivity index (χ0) is 16.9. The Morgan fingerprint density at radius 1 is 1.21 bits per heavy atom. The maximum Gasteiger partial charge on any atom is 0.216 e. The van der Waals surface area contributed by atoms with Crippen molar-refractivity contribution >= 4 is 11.6 Å². The first kappa shape index (κ1) is 16.5. The summed E-state index contributed by atoms with van der Waals surface area (Å²) >= 11 is 0. The van der Waals surface area contributed by atoms with Crippen LogP contribution in [0.3, 0.4) is 0 Å². The lowest BCUT2D eigenvalue weighted by Crippen LogP contribution is -2.50. The third kappa shape index (κ3) is 3.76. The number of piperazine rings is 1. The minimum absolute atomic E-state index is 0.00771. The molecule has 0 unspecified atom stereocenters. The first-order chi connectivity index (χ1) is 11.6. The molecule has 1 aliphatic rings. The van der Waals surface area contributed by atoms with E-state index in [1.807, 2.05) is 24.3 Å². The van der Waals surface area contributed by atoms with Gasteiger partial charge in [0.2, 0.25) is 5.91 Å². The smallest absolute Gasteiger partial charge is 0.216 e. The highest BCUT2D eigenvalue weighted by molar-refractivity contribution is 5.72. The summed E-state index contributed by atoms with van der Waals surface area (Å²) in [5.74, 6) is 0.589. The Labute approximate surface area is 141 Å². The lowest BCUT2D eigenvalue weighted by atomic mass is 10.1. The lowest BCUT2D eigenvalue weighted by molar-refractivity contribution is -0.119. The van der Waals surface area contributed by atoms with Crippen molar-refractivity contribution in [1.29, 1.82) is 0 Å². The molecule has 0 spiro atoms. The molecule has 1 atom stereocenters. The van der Waals surface area contributed by atoms with Crippen molar-refractivity contribution in [1.82, 2.24) is 10.2 Å². The van der Waals surface area contributed by atoms with Gasteiger partial charge in [-0.05, 0) is 24.3 Å². The number of nitrogens with one attached hydrogen (secondary N) is 1. The largest absolute Gasteiger partial charge is 0.468 e. The quantitative estimate of drug-likeness (QED) is 0.914. The average molecular weight is 331 g/mol. The molecule has 1 aliphatic heterocycles. The van der Waals surface area contributed by atoms with E-state index in [4.69, 9.17) is 4.42 Å². The van der Waals surface area contributed by atoms with Crippen LogP contribution in [-0.2, 0) is 4.79 Å². The summed E-state index contributed by atoms with van der Waals surface area (Å²) in [7, 11) is 0. The molecule has 0 bridgehead atoms. The second-order valence-corrected chi connectivity index (χ2v) is 5.94. The number of hydrogen-bond donors (Lipinski definition) is 1. The number of hydrogen-bond acceptors (Lipinski definition) is 4. The molecule has 1 fully saturated rings. The number of benzene rings is 1. The molecule has 1 aromatic heterocycles. The van der Waals surface area contributed by atoms with Crippen LogP contribution < -0.4 is 10.2 Å². The maximum absolute atomic E-state index is 13.9. The number of carbonyl (C=O) groups is 1. The number of nitrogens with zero attached hydrogens (tertiary/aromatic N) is 2. The summed E-state index contributed by atoms with van der Waals surface area (Å²) in [5.41, 5.74) is 0.647. The van der Waals surface area contributed by atoms with Crippen LogP contribution in [-0.4, -0.2) is 43.5 Å². The summed E-state index contributed by atoms with van der Waals surface area (Å²) < 4.78 is 19.5. The molecule has 1 aromatic carbocycles. The maximum atomic E-state index is 13.9. The molecule has 3 rings (SSSR count). The normalized spacial score (nSPS) is 16.8. The number of furan rings is 1. The Hall–Kier alpha value is -2.34. The fourth-order valence-corrected chi connectivity index (χ4v) is 3.11. The van der Waals surface area contributed by atoms with Gasteiger partial charge in [-0.1, -0.05) is 12.1 Å². The Morgan fingerprint density at radius 2 is 1.96 bits per heavy atom. The van der Waals surface area contributed by atoms with Gasteiger partial charge < -0.3 is 14.6 Å². The van der Waals surface area contributed by atoms with Crippen LogP contribution in [0, 0.1) is 5.82 Å². The van der Waals surface area contributed by atoms with Crippen molar-refractivity contribution in [2.24, 2.45) is 0 Å². The zero-order valence-corrected chi connectivity index (χ0v) is 13.7. The third-order valence-electron chi connectivity index (χ3n) is 4.36. The van der Waals surface area contributed by atoms with Gasteiger partial charge in [-0.3, -0.25) is 9.69 Å². The predicted molar refractivity (Wildman–Crippen MR) is 90.3 cm³/mol. The summed E-state index contributed by atoms with van der Waals surface area (Å²) in [6.45, 7) is 5.03. The molecule has 0 radical (unpaired) electrons. The predicted octanol–water partition coefficient (Wildman–Crippen LogP) is 2.42. The minimum Gasteiger partial charge on any atom is -0.468 e. The highest BCUT2D eigenvalue weighted by atomic mass is 19.1. The van der Waals surface area contributed by atoms with Crippen LogP contribution in [0.15, 0.2) is 47.1 Å². The fourth-order valence-electron chi connectivity index (χ4n) is 3.11. The van der Waals surface area contributed by atoms with Gasteiger partial charge >= 0.3 is 0 Å². The van der Waals surface area contributed by atoms with Gasteiger partial charge in [0.05, 0.1) is 18.0 Å². The second-order valence-electron chi connectivity index (χ2n) is 5.94. The van der Waals surface area contributed by atoms with Crippen LogP contribution in [0.25, 0.3) is 0 Å². The molecule has 0 saturated carbocycles. The van der Waals surface area contributed by atoms with Crippen molar-refractivity contribution in [3.8, 4) is 0 Å². The molecule has 0 aliphatic carbocycles. The van der Waals surface area contributed by atoms with E-state index in [0.29, 0.717) is 12.2 Å². The summed E-state index contributed by atoms with van der Waals surface area (Å²) in [6, 6.07) is 10.6. The highest BCUT2D eigenvalue weighted by Crippen LogP contribution is 2.25. The van der Waals surface area contributed by atoms with Crippen LogP contribution in [0.4, 0.5) is 10.1 Å². The van der Waals surface area contributed by atoms with Gasteiger partial charge in [-0.15, -0.1) is 0 Å². The molecule has 24 heavy (non-hydrogen) atoms. The van der Waals surface area contributed by atoms with E-state index in [2.05, 4.69) is 15.1 Å². The minimum atomic E-state index is -0.188. The number of rotatable bonds is 5. The van der Waals surface area contributed by atoms with Gasteiger partial charge in [-0.25, -0.2) is 4.39 Å². The molecule has 128 valence electrons. The number of para-hydroxylation sites is 1. The number of anilines is 1. The zero-order valence-electron chi connectivity index (χ0n) is 13.7. The Balaban J connectivity index is 1.67. The Kier molecular flexibility index (Phi) is 5.15. The van der Waals surface area contributed by atoms with Crippen molar-refractivity contribution in [2.45, 2.75) is 13.0 Å². The van der Waals surface area contributed by atoms with E-state index in [1.165, 1.54) is 13.0 Å². The number of amides is 1. The standard InChI is InChI=1S/C18H22FN3O2/c1-14(23)20-13-17(18-7-4-12-24-18)22-10-8-21(9-11-22)16-6-3-2-5-15(16)19/h2-7,12,17H,8-11,13H2,1H3,(H,20,23)/t17-/m0/s1. The highest BCUT2D eigenvalue weighted by Gasteiger charge is 2.27. The number of carbonyl (C=O) groups excluding carboxylic acids is 1.